The SMILES string of the molecule is CC(C)=C1CCc2ccc(cc2)[C@@H]2CC[C@H](c3cccc(Cc4ccccc4)c3)C[C@H]2CC(=O)O[C@@H]2c3c(ccc4cc([C@H](CCO)COCO)c(=O)oc34)O[C@@](C)(C3CCCC3)[C@H]2OC1=O. The second-order valence-electron chi connectivity index (χ2n) is 19.8. The van der Waals surface area contributed by atoms with Crippen LogP contribution in [0.3, 0.4) is 0 Å². The topological polar surface area (TPSA) is 142 Å². The summed E-state index contributed by atoms with van der Waals surface area (Å²) in [5.74, 6) is -0.782. The van der Waals surface area contributed by atoms with Gasteiger partial charge in [-0.15, -0.1) is 0 Å². The van der Waals surface area contributed by atoms with Crippen LogP contribution >= 0.6 is 0 Å². The highest BCUT2D eigenvalue weighted by Gasteiger charge is 2.57. The van der Waals surface area contributed by atoms with E-state index in [9.17, 15) is 19.8 Å². The van der Waals surface area contributed by atoms with Crippen LogP contribution in [0.4, 0.5) is 0 Å². The van der Waals surface area contributed by atoms with Gasteiger partial charge in [0, 0.05) is 41.4 Å². The molecular weight excluding hydrogens is 845 g/mol. The molecule has 7 atom stereocenters. The van der Waals surface area contributed by atoms with Crippen LogP contribution in [0.1, 0.15) is 148 Å². The van der Waals surface area contributed by atoms with Crippen LogP contribution in [0.25, 0.3) is 11.0 Å². The molecule has 0 spiro atoms. The molecule has 0 amide bonds. The van der Waals surface area contributed by atoms with Gasteiger partial charge in [-0.05, 0) is 142 Å². The van der Waals surface area contributed by atoms with Crippen molar-refractivity contribution in [2.75, 3.05) is 20.0 Å². The van der Waals surface area contributed by atoms with E-state index in [1.54, 1.807) is 6.07 Å². The van der Waals surface area contributed by atoms with E-state index in [1.807, 2.05) is 39.0 Å². The Kier molecular flexibility index (Phi) is 14.1. The van der Waals surface area contributed by atoms with Crippen LogP contribution in [0.2, 0.25) is 0 Å². The molecule has 0 radical (unpaired) electrons. The van der Waals surface area contributed by atoms with E-state index in [2.05, 4.69) is 72.8 Å². The molecule has 10 rings (SSSR count). The second-order valence-corrected chi connectivity index (χ2v) is 19.8. The molecule has 2 saturated carbocycles. The van der Waals surface area contributed by atoms with E-state index in [1.165, 1.54) is 22.3 Å². The predicted molar refractivity (Wildman–Crippen MR) is 256 cm³/mol. The van der Waals surface area contributed by atoms with E-state index >= 15 is 4.79 Å². The fraction of sp³-hybridized carbons (Fsp3) is 0.456. The largest absolute Gasteiger partial charge is 0.483 e. The summed E-state index contributed by atoms with van der Waals surface area (Å²) in [4.78, 5) is 43.8. The van der Waals surface area contributed by atoms with Gasteiger partial charge in [-0.2, -0.15) is 0 Å². The maximum atomic E-state index is 15.1. The van der Waals surface area contributed by atoms with Crippen molar-refractivity contribution in [3.63, 3.8) is 0 Å². The normalized spacial score (nSPS) is 25.1. The van der Waals surface area contributed by atoms with Crippen molar-refractivity contribution in [2.45, 2.75) is 133 Å². The zero-order chi connectivity index (χ0) is 46.7. The standard InChI is InChI=1S/C57H64O10/c1-35(2)46-23-18-36-16-19-39(20-17-36)47-24-21-41(40-13-9-12-38(29-40)28-37-10-5-4-6-11-37)30-44(47)32-50(60)64-53-51-49(67-57(3,45-14-7-8-15-45)54(53)66-55(46)61)25-22-42-31-48(56(62)65-52(42)51)43(26-27-58)33-63-34-59/h4-6,9-13,16-17,19-20,22,25,29,31,41,43-45,47,53-54,58-59H,7-8,14-15,18,21,23-24,26-28,30,32-34H2,1-3H3/t41-,43+,44-,47-,53+,54-,57-/m0/s1. The van der Waals surface area contributed by atoms with Crippen molar-refractivity contribution in [3.8, 4) is 5.75 Å². The molecule has 5 aliphatic rings. The minimum absolute atomic E-state index is 0.00178. The zero-order valence-electron chi connectivity index (χ0n) is 39.0. The Bertz CT molecular complexity index is 2640. The van der Waals surface area contributed by atoms with Gasteiger partial charge in [0.2, 0.25) is 0 Å². The number of fused-ring (bicyclic) bond motifs is 11. The lowest BCUT2D eigenvalue weighted by Gasteiger charge is -2.48. The lowest BCUT2D eigenvalue weighted by atomic mass is 9.68. The molecular formula is C57H64O10. The molecule has 3 aliphatic heterocycles. The number of carbonyl (C=O) groups excluding carboxylic acids is 2. The third-order valence-electron chi connectivity index (χ3n) is 15.4. The highest BCUT2D eigenvalue weighted by molar-refractivity contribution is 5.90. The molecule has 2 N–H and O–H groups in total. The highest BCUT2D eigenvalue weighted by atomic mass is 16.6. The van der Waals surface area contributed by atoms with Crippen LogP contribution in [-0.2, 0) is 36.6 Å². The molecule has 10 nitrogen and oxygen atoms in total. The first kappa shape index (κ1) is 46.6. The van der Waals surface area contributed by atoms with Gasteiger partial charge >= 0.3 is 17.6 Å². The lowest BCUT2D eigenvalue weighted by Crippen LogP contribution is -2.58. The van der Waals surface area contributed by atoms with Crippen LogP contribution in [0, 0.1) is 11.8 Å². The van der Waals surface area contributed by atoms with E-state index in [0.29, 0.717) is 35.1 Å². The molecule has 10 heteroatoms. The highest BCUT2D eigenvalue weighted by Crippen LogP contribution is 2.53. The quantitative estimate of drug-likeness (QED) is 0.0602. The lowest BCUT2D eigenvalue weighted by molar-refractivity contribution is -0.199. The summed E-state index contributed by atoms with van der Waals surface area (Å²) in [7, 11) is 0. The number of rotatable bonds is 10. The van der Waals surface area contributed by atoms with E-state index < -0.39 is 48.1 Å². The van der Waals surface area contributed by atoms with Gasteiger partial charge in [0.05, 0.1) is 12.2 Å². The van der Waals surface area contributed by atoms with Gasteiger partial charge in [-0.25, -0.2) is 9.59 Å². The molecule has 0 saturated heterocycles. The Morgan fingerprint density at radius 2 is 1.60 bits per heavy atom. The Balaban J connectivity index is 1.14. The predicted octanol–water partition coefficient (Wildman–Crippen LogP) is 10.7. The summed E-state index contributed by atoms with van der Waals surface area (Å²) in [5, 5.41) is 19.8. The minimum atomic E-state index is -1.17. The Morgan fingerprint density at radius 1 is 0.821 bits per heavy atom. The summed E-state index contributed by atoms with van der Waals surface area (Å²) in [6.45, 7) is 5.07. The van der Waals surface area contributed by atoms with Crippen LogP contribution in [0.15, 0.2) is 117 Å². The van der Waals surface area contributed by atoms with Crippen molar-refractivity contribution in [3.05, 3.63) is 158 Å². The summed E-state index contributed by atoms with van der Waals surface area (Å²) in [6.07, 6.45) is 6.38. The summed E-state index contributed by atoms with van der Waals surface area (Å²) < 4.78 is 32.2. The number of ether oxygens (including phenoxy) is 4. The molecule has 5 aromatic rings. The number of allylic oxidation sites excluding steroid dienone is 1. The number of hydrogen-bond donors (Lipinski definition) is 2. The first-order valence-corrected chi connectivity index (χ1v) is 24.4. The fourth-order valence-corrected chi connectivity index (χ4v) is 11.8. The zero-order valence-corrected chi connectivity index (χ0v) is 39.0. The van der Waals surface area contributed by atoms with Crippen molar-refractivity contribution in [1.29, 1.82) is 0 Å². The molecule has 2 fully saturated rings. The molecule has 1 aromatic heterocycles. The molecule has 4 aromatic carbocycles. The summed E-state index contributed by atoms with van der Waals surface area (Å²) in [6, 6.07) is 33.5. The number of esters is 2. The average molecular weight is 909 g/mol. The Hall–Kier alpha value is -5.55. The summed E-state index contributed by atoms with van der Waals surface area (Å²) >= 11 is 0. The molecule has 4 heterocycles. The van der Waals surface area contributed by atoms with E-state index in [0.717, 1.165) is 62.5 Å². The average Bonchev–Trinajstić information content (AvgIpc) is 3.88. The number of carbonyl (C=O) groups is 2. The van der Waals surface area contributed by atoms with Crippen LogP contribution in [-0.4, -0.2) is 53.9 Å². The smallest absolute Gasteiger partial charge is 0.339 e. The monoisotopic (exact) mass is 908 g/mol. The first-order chi connectivity index (χ1) is 32.5. The van der Waals surface area contributed by atoms with Gasteiger partial charge < -0.3 is 33.6 Å². The van der Waals surface area contributed by atoms with Gasteiger partial charge in [-0.1, -0.05) is 97.3 Å². The Labute approximate surface area is 393 Å². The minimum Gasteiger partial charge on any atom is -0.483 e. The molecule has 0 unspecified atom stereocenters. The van der Waals surface area contributed by atoms with Crippen LogP contribution in [0.5, 0.6) is 5.75 Å². The van der Waals surface area contributed by atoms with E-state index in [-0.39, 0.29) is 60.9 Å². The number of benzene rings is 4. The molecule has 67 heavy (non-hydrogen) atoms. The van der Waals surface area contributed by atoms with Gasteiger partial charge in [0.25, 0.3) is 0 Å². The van der Waals surface area contributed by atoms with Crippen LogP contribution < -0.4 is 10.4 Å². The molecule has 2 aliphatic carbocycles. The second kappa shape index (κ2) is 20.4. The Morgan fingerprint density at radius 3 is 2.34 bits per heavy atom. The van der Waals surface area contributed by atoms with Gasteiger partial charge in [0.15, 0.2) is 12.2 Å². The number of aliphatic hydroxyl groups excluding tert-OH is 2. The summed E-state index contributed by atoms with van der Waals surface area (Å²) in [5.41, 5.74) is 6.56. The number of hydrogen-bond acceptors (Lipinski definition) is 10. The van der Waals surface area contributed by atoms with Gasteiger partial charge in [0.1, 0.15) is 23.7 Å². The fourth-order valence-electron chi connectivity index (χ4n) is 11.8. The first-order valence-electron chi connectivity index (χ1n) is 24.4. The van der Waals surface area contributed by atoms with Crippen molar-refractivity contribution < 1.29 is 43.2 Å². The maximum absolute atomic E-state index is 15.1. The number of aliphatic hydroxyl groups is 2. The van der Waals surface area contributed by atoms with Crippen molar-refractivity contribution in [1.82, 2.24) is 0 Å². The van der Waals surface area contributed by atoms with Gasteiger partial charge in [-0.3, -0.25) is 4.79 Å². The van der Waals surface area contributed by atoms with E-state index in [4.69, 9.17) is 23.4 Å². The third-order valence-corrected chi connectivity index (χ3v) is 15.4. The van der Waals surface area contributed by atoms with Crippen molar-refractivity contribution >= 4 is 22.9 Å². The maximum Gasteiger partial charge on any atom is 0.339 e. The molecule has 352 valence electrons. The third kappa shape index (κ3) is 9.90. The van der Waals surface area contributed by atoms with Crippen molar-refractivity contribution in [2.24, 2.45) is 11.8 Å². The molecule has 2 bridgehead atoms. The number of aryl methyl sites for hydroxylation is 1.